The van der Waals surface area contributed by atoms with E-state index in [9.17, 15) is 4.39 Å². The zero-order chi connectivity index (χ0) is 14.7. The van der Waals surface area contributed by atoms with Gasteiger partial charge in [0.05, 0.1) is 6.04 Å². The highest BCUT2D eigenvalue weighted by Gasteiger charge is 2.17. The minimum atomic E-state index is -0.169. The van der Waals surface area contributed by atoms with Gasteiger partial charge in [-0.2, -0.15) is 0 Å². The molecule has 1 aliphatic rings. The molecular weight excluding hydrogens is 261 g/mol. The van der Waals surface area contributed by atoms with Crippen LogP contribution >= 0.6 is 0 Å². The molecule has 1 atom stereocenters. The molecule has 2 aromatic rings. The summed E-state index contributed by atoms with van der Waals surface area (Å²) in [6, 6.07) is 13.8. The Morgan fingerprint density at radius 2 is 1.86 bits per heavy atom. The molecule has 21 heavy (non-hydrogen) atoms. The molecule has 2 aromatic carbocycles. The van der Waals surface area contributed by atoms with Crippen LogP contribution in [0, 0.1) is 5.82 Å². The Morgan fingerprint density at radius 1 is 1.05 bits per heavy atom. The zero-order valence-electron chi connectivity index (χ0n) is 12.5. The Balaban J connectivity index is 1.95. The van der Waals surface area contributed by atoms with Crippen LogP contribution in [-0.4, -0.2) is 6.54 Å². The summed E-state index contributed by atoms with van der Waals surface area (Å²) < 4.78 is 13.6. The molecule has 1 nitrogen and oxygen atoms in total. The fraction of sp³-hybridized carbons (Fsp3) is 0.368. The van der Waals surface area contributed by atoms with Crippen molar-refractivity contribution in [1.82, 2.24) is 5.32 Å². The van der Waals surface area contributed by atoms with Crippen LogP contribution in [0.25, 0.3) is 0 Å². The van der Waals surface area contributed by atoms with Gasteiger partial charge in [-0.05, 0) is 66.6 Å². The standard InChI is InChI=1S/C19H22FN/c1-2-11-21-19(16-7-4-8-18(20)13-16)17-10-9-14-5-3-6-15(14)12-17/h4,7-10,12-13,19,21H,2-3,5-6,11H2,1H3. The van der Waals surface area contributed by atoms with Crippen LogP contribution in [0.15, 0.2) is 42.5 Å². The summed E-state index contributed by atoms with van der Waals surface area (Å²) >= 11 is 0. The van der Waals surface area contributed by atoms with Crippen LogP contribution in [0.5, 0.6) is 0 Å². The average molecular weight is 283 g/mol. The van der Waals surface area contributed by atoms with Crippen molar-refractivity contribution in [2.24, 2.45) is 0 Å². The van der Waals surface area contributed by atoms with Gasteiger partial charge in [0.2, 0.25) is 0 Å². The second kappa shape index (κ2) is 6.40. The third-order valence-corrected chi connectivity index (χ3v) is 4.24. The van der Waals surface area contributed by atoms with Crippen molar-refractivity contribution < 1.29 is 4.39 Å². The summed E-state index contributed by atoms with van der Waals surface area (Å²) in [6.45, 7) is 3.08. The molecule has 3 rings (SSSR count). The number of halogens is 1. The van der Waals surface area contributed by atoms with E-state index >= 15 is 0 Å². The van der Waals surface area contributed by atoms with E-state index in [-0.39, 0.29) is 11.9 Å². The van der Waals surface area contributed by atoms with Gasteiger partial charge >= 0.3 is 0 Å². The van der Waals surface area contributed by atoms with E-state index in [4.69, 9.17) is 0 Å². The lowest BCUT2D eigenvalue weighted by atomic mass is 9.95. The highest BCUT2D eigenvalue weighted by Crippen LogP contribution is 2.28. The summed E-state index contributed by atoms with van der Waals surface area (Å²) in [6.07, 6.45) is 4.69. The summed E-state index contributed by atoms with van der Waals surface area (Å²) in [4.78, 5) is 0. The number of hydrogen-bond donors (Lipinski definition) is 1. The van der Waals surface area contributed by atoms with Gasteiger partial charge in [0.25, 0.3) is 0 Å². The highest BCUT2D eigenvalue weighted by molar-refractivity contribution is 5.40. The van der Waals surface area contributed by atoms with E-state index in [0.717, 1.165) is 18.5 Å². The van der Waals surface area contributed by atoms with Gasteiger partial charge in [0.1, 0.15) is 5.82 Å². The predicted molar refractivity (Wildman–Crippen MR) is 85.0 cm³/mol. The summed E-state index contributed by atoms with van der Waals surface area (Å²) in [5.41, 5.74) is 5.19. The molecule has 0 saturated heterocycles. The van der Waals surface area contributed by atoms with Gasteiger partial charge in [-0.1, -0.05) is 37.3 Å². The molecule has 0 bridgehead atoms. The van der Waals surface area contributed by atoms with E-state index in [1.165, 1.54) is 42.0 Å². The van der Waals surface area contributed by atoms with Gasteiger partial charge in [0.15, 0.2) is 0 Å². The van der Waals surface area contributed by atoms with E-state index < -0.39 is 0 Å². The monoisotopic (exact) mass is 283 g/mol. The quantitative estimate of drug-likeness (QED) is 0.857. The van der Waals surface area contributed by atoms with Crippen molar-refractivity contribution >= 4 is 0 Å². The Bertz CT molecular complexity index is 621. The summed E-state index contributed by atoms with van der Waals surface area (Å²) in [7, 11) is 0. The number of aryl methyl sites for hydroxylation is 2. The maximum absolute atomic E-state index is 13.6. The third kappa shape index (κ3) is 3.16. The van der Waals surface area contributed by atoms with Crippen molar-refractivity contribution in [3.05, 3.63) is 70.5 Å². The van der Waals surface area contributed by atoms with Gasteiger partial charge < -0.3 is 5.32 Å². The van der Waals surface area contributed by atoms with Crippen LogP contribution < -0.4 is 5.32 Å². The van der Waals surface area contributed by atoms with Crippen LogP contribution in [0.4, 0.5) is 4.39 Å². The first kappa shape index (κ1) is 14.3. The summed E-state index contributed by atoms with van der Waals surface area (Å²) in [5, 5.41) is 3.55. The SMILES string of the molecule is CCCNC(c1cccc(F)c1)c1ccc2c(c1)CCC2. The molecule has 0 amide bonds. The van der Waals surface area contributed by atoms with Crippen molar-refractivity contribution in [3.8, 4) is 0 Å². The normalized spacial score (nSPS) is 15.0. The molecular formula is C19H22FN. The molecule has 0 radical (unpaired) electrons. The lowest BCUT2D eigenvalue weighted by Gasteiger charge is -2.20. The second-order valence-corrected chi connectivity index (χ2v) is 5.82. The molecule has 110 valence electrons. The molecule has 1 aliphatic carbocycles. The molecule has 1 unspecified atom stereocenters. The molecule has 0 saturated carbocycles. The van der Waals surface area contributed by atoms with Gasteiger partial charge in [-0.15, -0.1) is 0 Å². The molecule has 1 N–H and O–H groups in total. The minimum absolute atomic E-state index is 0.0755. The number of fused-ring (bicyclic) bond motifs is 1. The Hall–Kier alpha value is -1.67. The molecule has 0 aliphatic heterocycles. The maximum Gasteiger partial charge on any atom is 0.123 e. The minimum Gasteiger partial charge on any atom is -0.306 e. The second-order valence-electron chi connectivity index (χ2n) is 5.82. The van der Waals surface area contributed by atoms with Crippen LogP contribution in [0.3, 0.4) is 0 Å². The molecule has 0 fully saturated rings. The van der Waals surface area contributed by atoms with E-state index in [1.807, 2.05) is 6.07 Å². The zero-order valence-corrected chi connectivity index (χ0v) is 12.5. The highest BCUT2D eigenvalue weighted by atomic mass is 19.1. The third-order valence-electron chi connectivity index (χ3n) is 4.24. The van der Waals surface area contributed by atoms with Gasteiger partial charge in [0, 0.05) is 0 Å². The Morgan fingerprint density at radius 3 is 2.67 bits per heavy atom. The topological polar surface area (TPSA) is 12.0 Å². The number of nitrogens with one attached hydrogen (secondary N) is 1. The van der Waals surface area contributed by atoms with Gasteiger partial charge in [-0.25, -0.2) is 4.39 Å². The first-order valence-electron chi connectivity index (χ1n) is 7.88. The fourth-order valence-electron chi connectivity index (χ4n) is 3.17. The average Bonchev–Trinajstić information content (AvgIpc) is 2.95. The lowest BCUT2D eigenvalue weighted by molar-refractivity contribution is 0.585. The summed E-state index contributed by atoms with van der Waals surface area (Å²) in [5.74, 6) is -0.169. The van der Waals surface area contributed by atoms with Crippen LogP contribution in [-0.2, 0) is 12.8 Å². The van der Waals surface area contributed by atoms with Crippen molar-refractivity contribution in [3.63, 3.8) is 0 Å². The fourth-order valence-corrected chi connectivity index (χ4v) is 3.17. The first-order chi connectivity index (χ1) is 10.3. The van der Waals surface area contributed by atoms with Crippen molar-refractivity contribution in [2.75, 3.05) is 6.54 Å². The molecule has 0 spiro atoms. The molecule has 0 heterocycles. The number of rotatable bonds is 5. The van der Waals surface area contributed by atoms with Gasteiger partial charge in [-0.3, -0.25) is 0 Å². The van der Waals surface area contributed by atoms with Crippen LogP contribution in [0.2, 0.25) is 0 Å². The van der Waals surface area contributed by atoms with E-state index in [2.05, 4.69) is 30.4 Å². The van der Waals surface area contributed by atoms with Crippen LogP contribution in [0.1, 0.15) is 48.1 Å². The Kier molecular flexibility index (Phi) is 4.35. The lowest BCUT2D eigenvalue weighted by Crippen LogP contribution is -2.23. The number of hydrogen-bond acceptors (Lipinski definition) is 1. The Labute approximate surface area is 126 Å². The van der Waals surface area contributed by atoms with E-state index in [0.29, 0.717) is 0 Å². The van der Waals surface area contributed by atoms with Crippen molar-refractivity contribution in [1.29, 1.82) is 0 Å². The smallest absolute Gasteiger partial charge is 0.123 e. The maximum atomic E-state index is 13.6. The molecule has 2 heteroatoms. The largest absolute Gasteiger partial charge is 0.306 e. The predicted octanol–water partition coefficient (Wildman–Crippen LogP) is 4.40. The number of benzene rings is 2. The van der Waals surface area contributed by atoms with Crippen molar-refractivity contribution in [2.45, 2.75) is 38.6 Å². The molecule has 0 aromatic heterocycles. The first-order valence-corrected chi connectivity index (χ1v) is 7.88. The van der Waals surface area contributed by atoms with E-state index in [1.54, 1.807) is 12.1 Å².